The summed E-state index contributed by atoms with van der Waals surface area (Å²) < 4.78 is 0. The van der Waals surface area contributed by atoms with E-state index >= 15 is 0 Å². The molecule has 0 saturated heterocycles. The summed E-state index contributed by atoms with van der Waals surface area (Å²) in [7, 11) is 0. The van der Waals surface area contributed by atoms with Crippen LogP contribution in [0.2, 0.25) is 0 Å². The molecule has 0 fully saturated rings. The summed E-state index contributed by atoms with van der Waals surface area (Å²) in [6.07, 6.45) is 6.75. The Balaban J connectivity index is 2.79. The first-order valence-corrected chi connectivity index (χ1v) is 3.96. The Bertz CT molecular complexity index is 369. The van der Waals surface area contributed by atoms with Crippen LogP contribution < -0.4 is 0 Å². The van der Waals surface area contributed by atoms with Crippen LogP contribution in [0.4, 0.5) is 0 Å². The monoisotopic (exact) mass is 165 g/mol. The van der Waals surface area contributed by atoms with Gasteiger partial charge in [-0.05, 0) is 0 Å². The lowest BCUT2D eigenvalue weighted by atomic mass is 10.6. The second-order valence-corrected chi connectivity index (χ2v) is 2.60. The quantitative estimate of drug-likeness (QED) is 0.510. The van der Waals surface area contributed by atoms with Crippen molar-refractivity contribution in [3.05, 3.63) is 18.9 Å². The number of H-pyrrole nitrogens is 1. The molecule has 0 spiro atoms. The van der Waals surface area contributed by atoms with Crippen molar-refractivity contribution in [1.29, 1.82) is 0 Å². The van der Waals surface area contributed by atoms with Gasteiger partial charge in [-0.2, -0.15) is 0 Å². The number of aromatic nitrogens is 4. The molecule has 2 aromatic heterocycles. The molecule has 2 aromatic rings. The van der Waals surface area contributed by atoms with Crippen molar-refractivity contribution < 1.29 is 0 Å². The van der Waals surface area contributed by atoms with E-state index in [-0.39, 0.29) is 0 Å². The molecule has 0 saturated carbocycles. The van der Waals surface area contributed by atoms with Crippen molar-refractivity contribution in [1.82, 2.24) is 19.9 Å². The molecule has 4 nitrogen and oxygen atoms in total. The van der Waals surface area contributed by atoms with Gasteiger partial charge in [0.15, 0.2) is 5.65 Å². The normalized spacial score (nSPS) is 10.6. The molecule has 0 unspecified atom stereocenters. The van der Waals surface area contributed by atoms with E-state index in [0.29, 0.717) is 0 Å². The van der Waals surface area contributed by atoms with Crippen LogP contribution in [0.5, 0.6) is 0 Å². The fourth-order valence-electron chi connectivity index (χ4n) is 0.848. The minimum absolute atomic E-state index is 0.756. The molecule has 0 bridgehead atoms. The summed E-state index contributed by atoms with van der Waals surface area (Å²) in [5.41, 5.74) is 1.54. The molecule has 11 heavy (non-hydrogen) atoms. The largest absolute Gasteiger partial charge is 0.329 e. The summed E-state index contributed by atoms with van der Waals surface area (Å²) in [5.74, 6) is 0. The van der Waals surface area contributed by atoms with Crippen LogP contribution in [0.3, 0.4) is 0 Å². The Labute approximate surface area is 67.5 Å². The molecule has 0 aliphatic carbocycles. The van der Waals surface area contributed by atoms with Crippen LogP contribution in [0, 0.1) is 6.26 Å². The van der Waals surface area contributed by atoms with E-state index in [0.717, 1.165) is 16.2 Å². The molecule has 0 aliphatic heterocycles. The zero-order valence-corrected chi connectivity index (χ0v) is 6.43. The van der Waals surface area contributed by atoms with Crippen molar-refractivity contribution in [3.63, 3.8) is 0 Å². The first-order chi connectivity index (χ1) is 5.42. The second kappa shape index (κ2) is 2.50. The molecular formula is C6H5N4S. The third-order valence-corrected chi connectivity index (χ3v) is 1.89. The van der Waals surface area contributed by atoms with Gasteiger partial charge in [0, 0.05) is 6.26 Å². The second-order valence-electron chi connectivity index (χ2n) is 1.92. The lowest BCUT2D eigenvalue weighted by Crippen LogP contribution is -1.83. The number of aromatic amines is 1. The van der Waals surface area contributed by atoms with Gasteiger partial charge in [-0.3, -0.25) is 0 Å². The van der Waals surface area contributed by atoms with Crippen LogP contribution in [0.1, 0.15) is 0 Å². The van der Waals surface area contributed by atoms with Crippen LogP contribution >= 0.6 is 11.8 Å². The zero-order chi connectivity index (χ0) is 7.68. The van der Waals surface area contributed by atoms with Gasteiger partial charge < -0.3 is 4.98 Å². The van der Waals surface area contributed by atoms with Crippen molar-refractivity contribution >= 4 is 22.9 Å². The summed E-state index contributed by atoms with van der Waals surface area (Å²) in [4.78, 5) is 14.9. The Hall–Kier alpha value is -1.10. The van der Waals surface area contributed by atoms with Crippen LogP contribution in [0.25, 0.3) is 11.2 Å². The molecule has 2 heterocycles. The lowest BCUT2D eigenvalue weighted by Gasteiger charge is -1.92. The van der Waals surface area contributed by atoms with E-state index in [2.05, 4.69) is 26.2 Å². The van der Waals surface area contributed by atoms with Gasteiger partial charge >= 0.3 is 0 Å². The van der Waals surface area contributed by atoms with Crippen LogP contribution in [-0.4, -0.2) is 19.9 Å². The summed E-state index contributed by atoms with van der Waals surface area (Å²) >= 11 is 1.32. The van der Waals surface area contributed by atoms with Gasteiger partial charge in [-0.15, -0.1) is 11.8 Å². The Morgan fingerprint density at radius 3 is 3.09 bits per heavy atom. The number of rotatable bonds is 1. The first kappa shape index (κ1) is 6.60. The highest BCUT2D eigenvalue weighted by Crippen LogP contribution is 2.19. The number of nitrogens with zero attached hydrogens (tertiary/aromatic N) is 3. The van der Waals surface area contributed by atoms with E-state index in [1.165, 1.54) is 18.1 Å². The van der Waals surface area contributed by atoms with Crippen molar-refractivity contribution in [2.24, 2.45) is 0 Å². The number of nitrogens with one attached hydrogen (secondary N) is 1. The fourth-order valence-corrected chi connectivity index (χ4v) is 1.26. The molecule has 1 N–H and O–H groups in total. The number of fused-ring (bicyclic) bond motifs is 1. The maximum atomic E-state index is 4.05. The molecule has 0 atom stereocenters. The van der Waals surface area contributed by atoms with Crippen molar-refractivity contribution in [2.75, 3.05) is 0 Å². The van der Waals surface area contributed by atoms with E-state index in [1.54, 1.807) is 6.33 Å². The topological polar surface area (TPSA) is 54.5 Å². The molecule has 2 rings (SSSR count). The highest BCUT2D eigenvalue weighted by Gasteiger charge is 2.02. The number of hydrogen-bond donors (Lipinski definition) is 1. The van der Waals surface area contributed by atoms with E-state index in [9.17, 15) is 0 Å². The van der Waals surface area contributed by atoms with Gasteiger partial charge in [0.1, 0.15) is 16.9 Å². The fraction of sp³-hybridized carbons (Fsp3) is 0. The maximum absolute atomic E-state index is 4.05. The zero-order valence-electron chi connectivity index (χ0n) is 5.61. The predicted octanol–water partition coefficient (Wildman–Crippen LogP) is 1.24. The molecule has 0 aliphatic rings. The maximum Gasteiger partial charge on any atom is 0.161 e. The van der Waals surface area contributed by atoms with E-state index < -0.39 is 0 Å². The van der Waals surface area contributed by atoms with E-state index in [4.69, 9.17) is 0 Å². The standard InChI is InChI=1S/C6H5N4S/c1-11-6-4-5(8-2-7-4)9-3-10-6/h2-3H,1H2,(H,7,8,9,10). The summed E-state index contributed by atoms with van der Waals surface area (Å²) in [5, 5.41) is 0.802. The summed E-state index contributed by atoms with van der Waals surface area (Å²) in [6, 6.07) is 0. The highest BCUT2D eigenvalue weighted by molar-refractivity contribution is 8.00. The molecule has 1 radical (unpaired) electrons. The van der Waals surface area contributed by atoms with Gasteiger partial charge in [0.2, 0.25) is 0 Å². The molecule has 0 aromatic carbocycles. The van der Waals surface area contributed by atoms with Crippen LogP contribution in [-0.2, 0) is 0 Å². The number of thioether (sulfide) groups is 1. The Morgan fingerprint density at radius 1 is 1.36 bits per heavy atom. The average Bonchev–Trinajstić information content (AvgIpc) is 2.50. The Kier molecular flexibility index (Phi) is 1.50. The average molecular weight is 165 g/mol. The minimum atomic E-state index is 0.756. The third kappa shape index (κ3) is 0.970. The molecule has 55 valence electrons. The van der Waals surface area contributed by atoms with Gasteiger partial charge in [-0.25, -0.2) is 15.0 Å². The smallest absolute Gasteiger partial charge is 0.161 e. The number of hydrogen-bond acceptors (Lipinski definition) is 4. The van der Waals surface area contributed by atoms with Crippen molar-refractivity contribution in [2.45, 2.75) is 5.03 Å². The van der Waals surface area contributed by atoms with Gasteiger partial charge in [0.05, 0.1) is 6.33 Å². The predicted molar refractivity (Wildman–Crippen MR) is 42.9 cm³/mol. The minimum Gasteiger partial charge on any atom is -0.329 e. The van der Waals surface area contributed by atoms with Gasteiger partial charge in [-0.1, -0.05) is 0 Å². The van der Waals surface area contributed by atoms with E-state index in [1.807, 2.05) is 0 Å². The van der Waals surface area contributed by atoms with Crippen molar-refractivity contribution in [3.8, 4) is 0 Å². The molecule has 0 amide bonds. The third-order valence-electron chi connectivity index (χ3n) is 1.32. The highest BCUT2D eigenvalue weighted by atomic mass is 32.2. The Morgan fingerprint density at radius 2 is 2.27 bits per heavy atom. The molecular weight excluding hydrogens is 160 g/mol. The molecule has 5 heteroatoms. The van der Waals surface area contributed by atoms with Crippen LogP contribution in [0.15, 0.2) is 17.7 Å². The first-order valence-electron chi connectivity index (χ1n) is 2.98. The van der Waals surface area contributed by atoms with Gasteiger partial charge in [0.25, 0.3) is 0 Å². The number of imidazole rings is 1. The summed E-state index contributed by atoms with van der Waals surface area (Å²) in [6.45, 7) is 0. The SMILES string of the molecule is [CH2]Sc1ncnc2[nH]cnc12. The lowest BCUT2D eigenvalue weighted by molar-refractivity contribution is 1.09.